The number of carbonyl (C=O) groups excluding carboxylic acids is 1. The summed E-state index contributed by atoms with van der Waals surface area (Å²) < 4.78 is 23.8. The summed E-state index contributed by atoms with van der Waals surface area (Å²) in [7, 11) is 1.55. The molecule has 0 fully saturated rings. The molecule has 3 atom stereocenters. The molecular weight excluding hydrogens is 972 g/mol. The summed E-state index contributed by atoms with van der Waals surface area (Å²) in [6.07, 6.45) is 81.8. The van der Waals surface area contributed by atoms with Crippen LogP contribution in [-0.4, -0.2) is 73.4 Å². The van der Waals surface area contributed by atoms with Crippen molar-refractivity contribution in [2.24, 2.45) is 0 Å². The van der Waals surface area contributed by atoms with Crippen molar-refractivity contribution in [1.82, 2.24) is 5.32 Å². The van der Waals surface area contributed by atoms with Crippen molar-refractivity contribution in [2.75, 3.05) is 40.9 Å². The number of phosphoric ester groups is 1. The van der Waals surface area contributed by atoms with Gasteiger partial charge in [0.15, 0.2) is 0 Å². The van der Waals surface area contributed by atoms with Crippen LogP contribution in [0.5, 0.6) is 0 Å². The van der Waals surface area contributed by atoms with Crippen molar-refractivity contribution in [3.63, 3.8) is 0 Å². The lowest BCUT2D eigenvalue weighted by Crippen LogP contribution is -2.45. The van der Waals surface area contributed by atoms with Crippen molar-refractivity contribution in [3.8, 4) is 0 Å². The average molecular weight is 1100 g/mol. The Balaban J connectivity index is 4.20. The van der Waals surface area contributed by atoms with E-state index in [2.05, 4.69) is 79.9 Å². The molecule has 0 saturated heterocycles. The molecule has 450 valence electrons. The van der Waals surface area contributed by atoms with Crippen molar-refractivity contribution in [1.29, 1.82) is 0 Å². The van der Waals surface area contributed by atoms with Gasteiger partial charge in [-0.1, -0.05) is 286 Å². The third kappa shape index (κ3) is 61.4. The van der Waals surface area contributed by atoms with Crippen molar-refractivity contribution < 1.29 is 32.9 Å². The summed E-state index contributed by atoms with van der Waals surface area (Å²) >= 11 is 0. The fraction of sp³-hybridized carbons (Fsp3) is 0.809. The predicted octanol–water partition coefficient (Wildman–Crippen LogP) is 20.6. The third-order valence-corrected chi connectivity index (χ3v) is 15.6. The summed E-state index contributed by atoms with van der Waals surface area (Å²) in [6, 6.07) is -0.876. The van der Waals surface area contributed by atoms with E-state index in [-0.39, 0.29) is 19.1 Å². The predicted molar refractivity (Wildman–Crippen MR) is 337 cm³/mol. The van der Waals surface area contributed by atoms with E-state index in [0.717, 1.165) is 57.8 Å². The molecule has 3 N–H and O–H groups in total. The summed E-state index contributed by atoms with van der Waals surface area (Å²) in [5, 5.41) is 14.0. The zero-order chi connectivity index (χ0) is 56.3. The molecule has 0 heterocycles. The van der Waals surface area contributed by atoms with Gasteiger partial charge in [-0.15, -0.1) is 0 Å². The van der Waals surface area contributed by atoms with Gasteiger partial charge in [-0.2, -0.15) is 0 Å². The highest BCUT2D eigenvalue weighted by Gasteiger charge is 2.27. The van der Waals surface area contributed by atoms with Crippen LogP contribution in [0.1, 0.15) is 303 Å². The maximum Gasteiger partial charge on any atom is 0.472 e. The maximum atomic E-state index is 13.0. The fourth-order valence-corrected chi connectivity index (χ4v) is 10.2. The third-order valence-electron chi connectivity index (χ3n) is 14.6. The number of nitrogens with one attached hydrogen (secondary N) is 1. The first-order valence-corrected chi connectivity index (χ1v) is 34.3. The highest BCUT2D eigenvalue weighted by Crippen LogP contribution is 2.43. The number of hydrogen-bond acceptors (Lipinski definition) is 5. The number of unbranched alkanes of at least 4 members (excludes halogenated alkanes) is 37. The highest BCUT2D eigenvalue weighted by molar-refractivity contribution is 7.47. The molecule has 0 aliphatic carbocycles. The van der Waals surface area contributed by atoms with Gasteiger partial charge < -0.3 is 19.8 Å². The van der Waals surface area contributed by atoms with Crippen LogP contribution in [0.4, 0.5) is 0 Å². The maximum absolute atomic E-state index is 13.0. The quantitative estimate of drug-likeness (QED) is 0.0243. The molecule has 0 aromatic heterocycles. The van der Waals surface area contributed by atoms with Crippen LogP contribution < -0.4 is 5.32 Å². The number of hydrogen-bond donors (Lipinski definition) is 3. The number of nitrogens with zero attached hydrogens (tertiary/aromatic N) is 1. The molecule has 0 aliphatic rings. The van der Waals surface area contributed by atoms with Crippen LogP contribution in [0, 0.1) is 0 Å². The summed E-state index contributed by atoms with van der Waals surface area (Å²) in [5.41, 5.74) is 0. The molecule has 1 amide bonds. The zero-order valence-corrected chi connectivity index (χ0v) is 52.3. The van der Waals surface area contributed by atoms with Crippen molar-refractivity contribution in [2.45, 2.75) is 315 Å². The minimum absolute atomic E-state index is 0.0510. The first kappa shape index (κ1) is 74.9. The second-order valence-electron chi connectivity index (χ2n) is 23.5. The van der Waals surface area contributed by atoms with Crippen LogP contribution in [0.25, 0.3) is 0 Å². The highest BCUT2D eigenvalue weighted by atomic mass is 31.2. The van der Waals surface area contributed by atoms with Crippen LogP contribution >= 0.6 is 7.82 Å². The van der Waals surface area contributed by atoms with E-state index in [1.807, 2.05) is 27.2 Å². The topological polar surface area (TPSA) is 105 Å². The first-order valence-electron chi connectivity index (χ1n) is 32.8. The minimum atomic E-state index is -4.37. The van der Waals surface area contributed by atoms with E-state index >= 15 is 0 Å². The average Bonchev–Trinajstić information content (AvgIpc) is 3.39. The molecule has 0 saturated carbocycles. The normalized spacial score (nSPS) is 14.2. The van der Waals surface area contributed by atoms with E-state index in [1.54, 1.807) is 6.08 Å². The van der Waals surface area contributed by atoms with Gasteiger partial charge in [0.1, 0.15) is 13.2 Å². The monoisotopic (exact) mass is 1100 g/mol. The van der Waals surface area contributed by atoms with E-state index in [4.69, 9.17) is 9.05 Å². The molecule has 0 aromatic carbocycles. The number of aliphatic hydroxyl groups excluding tert-OH is 1. The molecule has 0 bridgehead atoms. The Labute approximate surface area is 478 Å². The Hall–Kier alpha value is -2.06. The van der Waals surface area contributed by atoms with Crippen LogP contribution in [0.2, 0.25) is 0 Å². The van der Waals surface area contributed by atoms with Crippen LogP contribution in [0.15, 0.2) is 72.9 Å². The molecule has 3 unspecified atom stereocenters. The summed E-state index contributed by atoms with van der Waals surface area (Å²) in [5.74, 6) is -0.192. The molecule has 0 radical (unpaired) electrons. The van der Waals surface area contributed by atoms with E-state index in [0.29, 0.717) is 17.4 Å². The number of amides is 1. The molecule has 0 rings (SSSR count). The largest absolute Gasteiger partial charge is 0.472 e. The second-order valence-corrected chi connectivity index (χ2v) is 24.9. The van der Waals surface area contributed by atoms with Gasteiger partial charge in [0.25, 0.3) is 0 Å². The Bertz CT molecular complexity index is 1480. The van der Waals surface area contributed by atoms with E-state index in [1.165, 1.54) is 225 Å². The number of rotatable bonds is 60. The Morgan fingerprint density at radius 3 is 1.13 bits per heavy atom. The van der Waals surface area contributed by atoms with Gasteiger partial charge >= 0.3 is 7.82 Å². The molecule has 77 heavy (non-hydrogen) atoms. The molecule has 0 spiro atoms. The van der Waals surface area contributed by atoms with Gasteiger partial charge in [0, 0.05) is 6.42 Å². The summed E-state index contributed by atoms with van der Waals surface area (Å²) in [6.45, 7) is 4.80. The zero-order valence-electron chi connectivity index (χ0n) is 51.4. The standard InChI is InChI=1S/C68H127N2O6P/c1-6-8-10-12-14-16-18-20-22-24-26-28-30-32-34-36-37-39-41-43-45-47-49-51-53-55-57-59-61-67(71)66(65-76-77(73,74)75-64-63-70(3,4)5)69-68(72)62-60-58-56-54-52-50-48-46-44-42-40-38-35-33-31-29-27-25-23-21-19-17-15-13-11-9-7-2/h19,21,25,27,31,33,43,45,51,53,59,61,66-67,71H,6-18,20,22-24,26,28-30,32,34-42,44,46-50,52,54-58,60,62-65H2,1-5H3,(H-,69,72,73,74)/p+1/b21-19-,27-25-,33-31-,45-43+,53-51+,61-59+. The minimum Gasteiger partial charge on any atom is -0.387 e. The number of quaternary nitrogens is 1. The van der Waals surface area contributed by atoms with Crippen LogP contribution in [-0.2, 0) is 18.4 Å². The number of likely N-dealkylation sites (N-methyl/N-ethyl adjacent to an activating group) is 1. The van der Waals surface area contributed by atoms with Crippen molar-refractivity contribution >= 4 is 13.7 Å². The van der Waals surface area contributed by atoms with Crippen LogP contribution in [0.3, 0.4) is 0 Å². The lowest BCUT2D eigenvalue weighted by molar-refractivity contribution is -0.870. The van der Waals surface area contributed by atoms with Gasteiger partial charge in [-0.05, 0) is 83.5 Å². The van der Waals surface area contributed by atoms with Gasteiger partial charge in [-0.3, -0.25) is 13.8 Å². The smallest absolute Gasteiger partial charge is 0.387 e. The van der Waals surface area contributed by atoms with Gasteiger partial charge in [-0.25, -0.2) is 4.57 Å². The SMILES string of the molecule is CCCCCCC/C=C\C/C=C\C/C=C\CCCCCCCCCCCCCCC(=O)NC(COP(=O)(O)OCC[N+](C)(C)C)C(O)/C=C/CC/C=C/CC/C=C/CCCCCCCCCCCCCCCCCCCC. The second kappa shape index (κ2) is 58.6. The number of aliphatic hydroxyl groups is 1. The molecule has 9 heteroatoms. The number of phosphoric acid groups is 1. The lowest BCUT2D eigenvalue weighted by Gasteiger charge is -2.25. The number of carbonyl (C=O) groups is 1. The Morgan fingerprint density at radius 2 is 0.753 bits per heavy atom. The van der Waals surface area contributed by atoms with E-state index < -0.39 is 20.0 Å². The lowest BCUT2D eigenvalue weighted by atomic mass is 10.0. The van der Waals surface area contributed by atoms with Crippen molar-refractivity contribution in [3.05, 3.63) is 72.9 Å². The van der Waals surface area contributed by atoms with E-state index in [9.17, 15) is 19.4 Å². The van der Waals surface area contributed by atoms with Gasteiger partial charge in [0.2, 0.25) is 5.91 Å². The Kier molecular flexibility index (Phi) is 57.0. The molecular formula is C68H128N2O6P+. The summed E-state index contributed by atoms with van der Waals surface area (Å²) in [4.78, 5) is 23.4. The first-order chi connectivity index (χ1) is 37.5. The Morgan fingerprint density at radius 1 is 0.442 bits per heavy atom. The fourth-order valence-electron chi connectivity index (χ4n) is 9.50. The van der Waals surface area contributed by atoms with Gasteiger partial charge in [0.05, 0.1) is 39.9 Å². The molecule has 0 aliphatic heterocycles. The molecule has 0 aromatic rings. The number of allylic oxidation sites excluding steroid dienone is 11. The molecule has 8 nitrogen and oxygen atoms in total.